The highest BCUT2D eigenvalue weighted by atomic mass is 79.9. The van der Waals surface area contributed by atoms with E-state index in [1.807, 2.05) is 4.57 Å². The fraction of sp³-hybridized carbons (Fsp3) is 0.143. The number of hydrogen-bond donors (Lipinski definition) is 1. The van der Waals surface area contributed by atoms with Crippen LogP contribution in [0.2, 0.25) is 0 Å². The third-order valence-electron chi connectivity index (χ3n) is 4.81. The van der Waals surface area contributed by atoms with E-state index in [-0.39, 0.29) is 17.4 Å². The van der Waals surface area contributed by atoms with Crippen molar-refractivity contribution in [3.8, 4) is 11.1 Å². The number of carbonyl (C=O) groups is 1. The first kappa shape index (κ1) is 18.4. The van der Waals surface area contributed by atoms with E-state index in [2.05, 4.69) is 26.1 Å². The highest BCUT2D eigenvalue weighted by Gasteiger charge is 2.29. The number of nitrogens with one attached hydrogen (secondary N) is 1. The van der Waals surface area contributed by atoms with Gasteiger partial charge in [0.2, 0.25) is 0 Å². The first-order valence-corrected chi connectivity index (χ1v) is 9.39. The summed E-state index contributed by atoms with van der Waals surface area (Å²) in [4.78, 5) is 16.0. The smallest absolute Gasteiger partial charge is 0.253 e. The molecule has 7 heteroatoms. The number of carbonyl (C=O) groups excluding carboxylic acids is 1. The molecule has 3 aromatic rings. The Balaban J connectivity index is 1.90. The Labute approximate surface area is 168 Å². The second-order valence-corrected chi connectivity index (χ2v) is 7.22. The molecule has 0 unspecified atom stereocenters. The van der Waals surface area contributed by atoms with Gasteiger partial charge in [-0.3, -0.25) is 4.79 Å². The predicted molar refractivity (Wildman–Crippen MR) is 105 cm³/mol. The minimum Gasteiger partial charge on any atom is -0.352 e. The largest absolute Gasteiger partial charge is 0.352 e. The number of amides is 1. The van der Waals surface area contributed by atoms with Gasteiger partial charge < -0.3 is 9.88 Å². The van der Waals surface area contributed by atoms with E-state index in [4.69, 9.17) is 6.57 Å². The van der Waals surface area contributed by atoms with Crippen molar-refractivity contribution in [1.82, 2.24) is 9.88 Å². The first-order valence-electron chi connectivity index (χ1n) is 8.60. The molecule has 4 rings (SSSR count). The quantitative estimate of drug-likeness (QED) is 0.565. The molecule has 0 saturated heterocycles. The van der Waals surface area contributed by atoms with E-state index in [1.54, 1.807) is 18.2 Å². The number of rotatable bonds is 3. The Morgan fingerprint density at radius 3 is 2.54 bits per heavy atom. The maximum atomic E-state index is 13.5. The van der Waals surface area contributed by atoms with Gasteiger partial charge in [-0.05, 0) is 51.3 Å². The number of nitrogens with zero attached hydrogens (tertiary/aromatic N) is 2. The van der Waals surface area contributed by atoms with Gasteiger partial charge in [0.05, 0.1) is 16.7 Å². The van der Waals surface area contributed by atoms with Crippen LogP contribution in [0.5, 0.6) is 0 Å². The zero-order valence-electron chi connectivity index (χ0n) is 14.6. The summed E-state index contributed by atoms with van der Waals surface area (Å²) in [5.74, 6) is -1.01. The number of benzene rings is 2. The van der Waals surface area contributed by atoms with Crippen LogP contribution in [0, 0.1) is 18.2 Å². The highest BCUT2D eigenvalue weighted by Crippen LogP contribution is 2.39. The van der Waals surface area contributed by atoms with Crippen molar-refractivity contribution in [1.29, 1.82) is 0 Å². The third-order valence-corrected chi connectivity index (χ3v) is 5.64. The lowest BCUT2D eigenvalue weighted by Crippen LogP contribution is -2.32. The molecule has 0 atom stereocenters. The Hall–Kier alpha value is -2.98. The second kappa shape index (κ2) is 7.21. The van der Waals surface area contributed by atoms with Gasteiger partial charge in [-0.15, -0.1) is 0 Å². The molecule has 28 heavy (non-hydrogen) atoms. The van der Waals surface area contributed by atoms with Gasteiger partial charge in [0.15, 0.2) is 5.69 Å². The van der Waals surface area contributed by atoms with Crippen molar-refractivity contribution in [3.05, 3.63) is 86.9 Å². The van der Waals surface area contributed by atoms with Crippen LogP contribution in [-0.4, -0.2) is 17.0 Å². The van der Waals surface area contributed by atoms with E-state index in [0.717, 1.165) is 5.69 Å². The molecule has 2 aromatic carbocycles. The van der Waals surface area contributed by atoms with Crippen LogP contribution in [0.25, 0.3) is 16.0 Å². The molecule has 1 aliphatic heterocycles. The molecule has 0 saturated carbocycles. The average molecular weight is 442 g/mol. The average Bonchev–Trinajstić information content (AvgIpc) is 2.97. The molecule has 0 aliphatic carbocycles. The van der Waals surface area contributed by atoms with E-state index in [0.29, 0.717) is 46.4 Å². The van der Waals surface area contributed by atoms with Crippen LogP contribution < -0.4 is 5.32 Å². The third kappa shape index (κ3) is 3.10. The summed E-state index contributed by atoms with van der Waals surface area (Å²) in [5.41, 5.74) is 3.65. The Bertz CT molecular complexity index is 1130. The molecule has 0 bridgehead atoms. The van der Waals surface area contributed by atoms with Gasteiger partial charge >= 0.3 is 0 Å². The molecule has 4 nitrogen and oxygen atoms in total. The van der Waals surface area contributed by atoms with Gasteiger partial charge in [-0.1, -0.05) is 18.2 Å². The normalized spacial score (nSPS) is 13.0. The molecule has 0 radical (unpaired) electrons. The van der Waals surface area contributed by atoms with Gasteiger partial charge in [-0.25, -0.2) is 13.6 Å². The maximum absolute atomic E-state index is 13.5. The van der Waals surface area contributed by atoms with Crippen molar-refractivity contribution < 1.29 is 13.6 Å². The molecule has 0 spiro atoms. The minimum absolute atomic E-state index is 0.190. The van der Waals surface area contributed by atoms with E-state index < -0.39 is 5.82 Å². The van der Waals surface area contributed by atoms with Crippen LogP contribution in [0.15, 0.2) is 47.1 Å². The topological polar surface area (TPSA) is 38.4 Å². The summed E-state index contributed by atoms with van der Waals surface area (Å²) in [6.45, 7) is 8.14. The Morgan fingerprint density at radius 1 is 1.11 bits per heavy atom. The van der Waals surface area contributed by atoms with Crippen LogP contribution in [0.3, 0.4) is 0 Å². The summed E-state index contributed by atoms with van der Waals surface area (Å²) in [6, 6.07) is 10.1. The Kier molecular flexibility index (Phi) is 4.73. The second-order valence-electron chi connectivity index (χ2n) is 6.47. The van der Waals surface area contributed by atoms with Crippen LogP contribution in [-0.2, 0) is 13.0 Å². The summed E-state index contributed by atoms with van der Waals surface area (Å²) in [5, 5.41) is 2.85. The molecular weight excluding hydrogens is 428 g/mol. The molecule has 1 N–H and O–H groups in total. The summed E-state index contributed by atoms with van der Waals surface area (Å²) in [6.07, 6.45) is 0.620. The minimum atomic E-state index is -0.463. The number of hydrogen-bond acceptors (Lipinski definition) is 1. The highest BCUT2D eigenvalue weighted by molar-refractivity contribution is 9.10. The molecule has 1 amide bonds. The van der Waals surface area contributed by atoms with E-state index in [9.17, 15) is 13.6 Å². The van der Waals surface area contributed by atoms with Gasteiger partial charge in [-0.2, -0.15) is 0 Å². The molecule has 0 fully saturated rings. The summed E-state index contributed by atoms with van der Waals surface area (Å²) >= 11 is 3.60. The molecule has 1 aromatic heterocycles. The lowest BCUT2D eigenvalue weighted by atomic mass is 9.99. The fourth-order valence-corrected chi connectivity index (χ4v) is 4.28. The zero-order chi connectivity index (χ0) is 19.8. The van der Waals surface area contributed by atoms with Crippen molar-refractivity contribution in [3.63, 3.8) is 0 Å². The molecule has 1 aliphatic rings. The fourth-order valence-electron chi connectivity index (χ4n) is 3.51. The Morgan fingerprint density at radius 2 is 1.82 bits per heavy atom. The standard InChI is InChI=1S/C21H14BrF2N3O/c1-25-16-10-15(24)7-4-13(16)11-27-17-8-9-26-21(28)19(17)18(20(27)22)12-2-5-14(23)6-3-12/h2-7,10H,8-9,11H2,(H,26,28). The van der Waals surface area contributed by atoms with Crippen LogP contribution in [0.1, 0.15) is 21.6 Å². The zero-order valence-corrected chi connectivity index (χ0v) is 16.2. The van der Waals surface area contributed by atoms with Gasteiger partial charge in [0.1, 0.15) is 11.6 Å². The van der Waals surface area contributed by atoms with Crippen LogP contribution in [0.4, 0.5) is 14.5 Å². The first-order chi connectivity index (χ1) is 13.5. The van der Waals surface area contributed by atoms with Gasteiger partial charge in [0.25, 0.3) is 5.91 Å². The number of halogens is 3. The van der Waals surface area contributed by atoms with E-state index in [1.165, 1.54) is 24.3 Å². The number of aromatic nitrogens is 1. The number of fused-ring (bicyclic) bond motifs is 1. The molecule has 2 heterocycles. The van der Waals surface area contributed by atoms with Crippen molar-refractivity contribution >= 4 is 27.5 Å². The lowest BCUT2D eigenvalue weighted by Gasteiger charge is -2.17. The van der Waals surface area contributed by atoms with Gasteiger partial charge in [0, 0.05) is 30.8 Å². The van der Waals surface area contributed by atoms with Crippen molar-refractivity contribution in [2.24, 2.45) is 0 Å². The van der Waals surface area contributed by atoms with Crippen molar-refractivity contribution in [2.75, 3.05) is 6.54 Å². The van der Waals surface area contributed by atoms with Crippen molar-refractivity contribution in [2.45, 2.75) is 13.0 Å². The maximum Gasteiger partial charge on any atom is 0.253 e. The summed E-state index contributed by atoms with van der Waals surface area (Å²) in [7, 11) is 0. The lowest BCUT2D eigenvalue weighted by molar-refractivity contribution is 0.0946. The summed E-state index contributed by atoms with van der Waals surface area (Å²) < 4.78 is 29.5. The van der Waals surface area contributed by atoms with Crippen LogP contribution >= 0.6 is 15.9 Å². The molecule has 140 valence electrons. The molecular formula is C21H14BrF2N3O. The van der Waals surface area contributed by atoms with E-state index >= 15 is 0 Å². The SMILES string of the molecule is [C-]#[N+]c1cc(F)ccc1Cn1c(Br)c(-c2ccc(F)cc2)c2c1CCNC2=O. The predicted octanol–water partition coefficient (Wildman–Crippen LogP) is 5.08. The monoisotopic (exact) mass is 441 g/mol.